The molecule has 3 aromatic carbocycles. The van der Waals surface area contributed by atoms with Crippen molar-refractivity contribution in [2.24, 2.45) is 0 Å². The Labute approximate surface area is 208 Å². The van der Waals surface area contributed by atoms with Gasteiger partial charge in [0.2, 0.25) is 0 Å². The van der Waals surface area contributed by atoms with Gasteiger partial charge in [-0.15, -0.1) is 0 Å². The normalized spacial score (nSPS) is 17.3. The summed E-state index contributed by atoms with van der Waals surface area (Å²) in [6.07, 6.45) is 5.33. The van der Waals surface area contributed by atoms with Crippen molar-refractivity contribution in [1.29, 1.82) is 0 Å². The molecule has 5 nitrogen and oxygen atoms in total. The number of methoxy groups -OCH3 is 1. The summed E-state index contributed by atoms with van der Waals surface area (Å²) in [4.78, 5) is 2.42. The molecule has 0 radical (unpaired) electrons. The van der Waals surface area contributed by atoms with Gasteiger partial charge in [-0.25, -0.2) is 0 Å². The number of benzene rings is 3. The van der Waals surface area contributed by atoms with Crippen molar-refractivity contribution in [3.63, 3.8) is 0 Å². The number of hydrogen-bond donors (Lipinski definition) is 2. The molecule has 0 saturated carbocycles. The number of anilines is 1. The zero-order chi connectivity index (χ0) is 24.0. The van der Waals surface area contributed by atoms with Crippen molar-refractivity contribution in [3.05, 3.63) is 82.9 Å². The summed E-state index contributed by atoms with van der Waals surface area (Å²) < 4.78 is 11.4. The fraction of sp³-hybridized carbons (Fsp3) is 0.400. The minimum atomic E-state index is 0.361. The number of aryl methyl sites for hydroxylation is 1. The molecule has 0 spiro atoms. The zero-order valence-corrected chi connectivity index (χ0v) is 20.6. The van der Waals surface area contributed by atoms with Crippen molar-refractivity contribution in [2.75, 3.05) is 45.2 Å². The Morgan fingerprint density at radius 1 is 0.971 bits per heavy atom. The van der Waals surface area contributed by atoms with Gasteiger partial charge in [-0.3, -0.25) is 4.90 Å². The minimum Gasteiger partial charge on any atom is -0.508 e. The Morgan fingerprint density at radius 2 is 1.80 bits per heavy atom. The van der Waals surface area contributed by atoms with E-state index in [0.717, 1.165) is 62.6 Å². The van der Waals surface area contributed by atoms with Gasteiger partial charge in [-0.2, -0.15) is 0 Å². The summed E-state index contributed by atoms with van der Waals surface area (Å²) >= 11 is 0. The lowest BCUT2D eigenvalue weighted by Crippen LogP contribution is -2.39. The molecule has 1 aliphatic heterocycles. The molecule has 2 aliphatic rings. The van der Waals surface area contributed by atoms with Crippen molar-refractivity contribution in [2.45, 2.75) is 38.0 Å². The molecule has 0 aromatic heterocycles. The quantitative estimate of drug-likeness (QED) is 0.413. The van der Waals surface area contributed by atoms with Crippen LogP contribution in [-0.4, -0.2) is 49.9 Å². The molecule has 5 rings (SSSR count). The lowest BCUT2D eigenvalue weighted by molar-refractivity contribution is 0.147. The molecule has 1 fully saturated rings. The lowest BCUT2D eigenvalue weighted by atomic mass is 9.79. The van der Waals surface area contributed by atoms with Crippen LogP contribution >= 0.6 is 0 Å². The maximum atomic E-state index is 9.82. The van der Waals surface area contributed by atoms with Gasteiger partial charge in [0.25, 0.3) is 0 Å². The molecule has 3 aromatic rings. The molecular weight excluding hydrogens is 436 g/mol. The number of aromatic hydroxyl groups is 1. The molecule has 1 heterocycles. The summed E-state index contributed by atoms with van der Waals surface area (Å²) in [5, 5.41) is 13.5. The van der Waals surface area contributed by atoms with E-state index in [1.54, 1.807) is 13.2 Å². The van der Waals surface area contributed by atoms with Crippen LogP contribution in [0.25, 0.3) is 0 Å². The molecule has 5 heteroatoms. The predicted octanol–water partition coefficient (Wildman–Crippen LogP) is 5.41. The van der Waals surface area contributed by atoms with Gasteiger partial charge in [0.05, 0.1) is 7.11 Å². The third-order valence-electron chi connectivity index (χ3n) is 7.40. The second kappa shape index (κ2) is 11.0. The van der Waals surface area contributed by atoms with Crippen LogP contribution in [0, 0.1) is 0 Å². The number of nitrogens with one attached hydrogen (secondary N) is 1. The van der Waals surface area contributed by atoms with Crippen molar-refractivity contribution in [1.82, 2.24) is 4.90 Å². The minimum absolute atomic E-state index is 0.361. The largest absolute Gasteiger partial charge is 0.508 e. The van der Waals surface area contributed by atoms with Crippen LogP contribution in [0.3, 0.4) is 0 Å². The van der Waals surface area contributed by atoms with Crippen LogP contribution in [0.4, 0.5) is 5.69 Å². The average Bonchev–Trinajstić information content (AvgIpc) is 2.86. The van der Waals surface area contributed by atoms with Crippen LogP contribution in [0.15, 0.2) is 60.7 Å². The molecule has 1 aliphatic carbocycles. The van der Waals surface area contributed by atoms with Gasteiger partial charge in [0.1, 0.15) is 23.9 Å². The molecular formula is C30H36N2O3. The Balaban J connectivity index is 1.18. The number of phenolic OH excluding ortho intramolecular Hbond substituents is 1. The molecule has 1 atom stereocenters. The van der Waals surface area contributed by atoms with Gasteiger partial charge in [0, 0.05) is 24.8 Å². The first-order valence-corrected chi connectivity index (χ1v) is 12.8. The van der Waals surface area contributed by atoms with Gasteiger partial charge in [0.15, 0.2) is 0 Å². The molecule has 1 saturated heterocycles. The summed E-state index contributed by atoms with van der Waals surface area (Å²) in [6, 6.07) is 20.7. The maximum Gasteiger partial charge on any atom is 0.120 e. The Kier molecular flexibility index (Phi) is 7.43. The van der Waals surface area contributed by atoms with Crippen LogP contribution in [-0.2, 0) is 19.3 Å². The fourth-order valence-corrected chi connectivity index (χ4v) is 5.17. The standard InChI is InChI=1S/C30H36N2O3/c1-34-28-11-12-29(25-6-5-24-20-26(33)8-7-23(24)19-25)30(21-28)31-14-13-22-3-9-27(10-4-22)35-18-17-32-15-2-16-32/h3-4,7-12,20-21,25,31,33H,2,5-6,13-19H2,1H3. The molecule has 0 amide bonds. The van der Waals surface area contributed by atoms with E-state index in [2.05, 4.69) is 58.7 Å². The van der Waals surface area contributed by atoms with Crippen molar-refractivity contribution < 1.29 is 14.6 Å². The number of nitrogens with zero attached hydrogens (tertiary/aromatic N) is 1. The van der Waals surface area contributed by atoms with Gasteiger partial charge < -0.3 is 19.9 Å². The van der Waals surface area contributed by atoms with Crippen LogP contribution in [0.5, 0.6) is 17.2 Å². The number of rotatable bonds is 10. The average molecular weight is 473 g/mol. The topological polar surface area (TPSA) is 54.0 Å². The zero-order valence-electron chi connectivity index (χ0n) is 20.6. The van der Waals surface area contributed by atoms with E-state index < -0.39 is 0 Å². The number of likely N-dealkylation sites (tertiary alicyclic amines) is 1. The van der Waals surface area contributed by atoms with E-state index in [1.807, 2.05) is 6.07 Å². The van der Waals surface area contributed by atoms with Crippen LogP contribution < -0.4 is 14.8 Å². The molecule has 0 bridgehead atoms. The second-order valence-electron chi connectivity index (χ2n) is 9.71. The van der Waals surface area contributed by atoms with E-state index in [0.29, 0.717) is 11.7 Å². The molecule has 184 valence electrons. The Bertz CT molecular complexity index is 1120. The maximum absolute atomic E-state index is 9.82. The smallest absolute Gasteiger partial charge is 0.120 e. The molecule has 35 heavy (non-hydrogen) atoms. The first-order chi connectivity index (χ1) is 17.2. The fourth-order valence-electron chi connectivity index (χ4n) is 5.17. The van der Waals surface area contributed by atoms with Crippen molar-refractivity contribution >= 4 is 5.69 Å². The summed E-state index contributed by atoms with van der Waals surface area (Å²) in [5.74, 6) is 2.63. The number of ether oxygens (including phenoxy) is 2. The highest BCUT2D eigenvalue weighted by atomic mass is 16.5. The summed E-state index contributed by atoms with van der Waals surface area (Å²) in [7, 11) is 1.72. The van der Waals surface area contributed by atoms with Gasteiger partial charge in [-0.05, 0) is 104 Å². The SMILES string of the molecule is COc1ccc(C2CCc3cc(O)ccc3C2)c(NCCc2ccc(OCCN3CCC3)cc2)c1. The second-order valence-corrected chi connectivity index (χ2v) is 9.71. The van der Waals surface area contributed by atoms with Gasteiger partial charge in [-0.1, -0.05) is 24.3 Å². The third-order valence-corrected chi connectivity index (χ3v) is 7.40. The van der Waals surface area contributed by atoms with Gasteiger partial charge >= 0.3 is 0 Å². The highest BCUT2D eigenvalue weighted by molar-refractivity contribution is 5.58. The highest BCUT2D eigenvalue weighted by Gasteiger charge is 2.23. The third kappa shape index (κ3) is 5.91. The van der Waals surface area contributed by atoms with Crippen molar-refractivity contribution in [3.8, 4) is 17.2 Å². The van der Waals surface area contributed by atoms with Crippen LogP contribution in [0.1, 0.15) is 41.0 Å². The van der Waals surface area contributed by atoms with E-state index in [1.165, 1.54) is 41.8 Å². The number of hydrogen-bond acceptors (Lipinski definition) is 5. The van der Waals surface area contributed by atoms with E-state index in [9.17, 15) is 5.11 Å². The van der Waals surface area contributed by atoms with Crippen LogP contribution in [0.2, 0.25) is 0 Å². The number of phenols is 1. The summed E-state index contributed by atoms with van der Waals surface area (Å²) in [5.41, 5.74) is 6.41. The van der Waals surface area contributed by atoms with E-state index in [4.69, 9.17) is 9.47 Å². The first-order valence-electron chi connectivity index (χ1n) is 12.8. The van der Waals surface area contributed by atoms with E-state index in [-0.39, 0.29) is 0 Å². The Morgan fingerprint density at radius 3 is 2.57 bits per heavy atom. The monoisotopic (exact) mass is 472 g/mol. The molecule has 2 N–H and O–H groups in total. The predicted molar refractivity (Wildman–Crippen MR) is 141 cm³/mol. The Hall–Kier alpha value is -3.18. The molecule has 1 unspecified atom stereocenters. The number of fused-ring (bicyclic) bond motifs is 1. The van der Waals surface area contributed by atoms with E-state index >= 15 is 0 Å². The summed E-state index contributed by atoms with van der Waals surface area (Å²) in [6.45, 7) is 5.05. The first kappa shape index (κ1) is 23.6. The lowest BCUT2D eigenvalue weighted by Gasteiger charge is -2.30. The highest BCUT2D eigenvalue weighted by Crippen LogP contribution is 2.38.